The van der Waals surface area contributed by atoms with Crippen molar-refractivity contribution in [3.8, 4) is 5.75 Å². The number of ether oxygens (including phenoxy) is 1. The second-order valence-corrected chi connectivity index (χ2v) is 5.41. The van der Waals surface area contributed by atoms with E-state index in [1.807, 2.05) is 12.1 Å². The number of hydrogen-bond acceptors (Lipinski definition) is 3. The molecular formula is C15H13BrO3. The fraction of sp³-hybridized carbons (Fsp3) is 0.267. The van der Waals surface area contributed by atoms with Gasteiger partial charge in [0.1, 0.15) is 5.75 Å². The Morgan fingerprint density at radius 1 is 1.11 bits per heavy atom. The van der Waals surface area contributed by atoms with Gasteiger partial charge >= 0.3 is 5.97 Å². The quantitative estimate of drug-likeness (QED) is 0.616. The molecule has 0 atom stereocenters. The summed E-state index contributed by atoms with van der Waals surface area (Å²) in [5.74, 6) is 0.309. The molecule has 1 heterocycles. The highest BCUT2D eigenvalue weighted by molar-refractivity contribution is 9.10. The minimum absolute atomic E-state index is 0.199. The number of carbonyl (C=O) groups excluding carboxylic acids is 1. The van der Waals surface area contributed by atoms with Gasteiger partial charge in [-0.25, -0.2) is 4.79 Å². The Hall–Kier alpha value is -1.55. The van der Waals surface area contributed by atoms with Crippen LogP contribution in [0.2, 0.25) is 0 Å². The van der Waals surface area contributed by atoms with Crippen molar-refractivity contribution in [1.29, 1.82) is 0 Å². The zero-order chi connectivity index (χ0) is 13.2. The SMILES string of the molecule is O=C(Oc1ccc2c(c1)CCCC2)c1ccc(Br)o1. The van der Waals surface area contributed by atoms with Crippen molar-refractivity contribution in [2.24, 2.45) is 0 Å². The first-order valence-electron chi connectivity index (χ1n) is 6.32. The normalized spacial score (nSPS) is 13.9. The molecule has 0 spiro atoms. The molecule has 0 radical (unpaired) electrons. The number of esters is 1. The highest BCUT2D eigenvalue weighted by atomic mass is 79.9. The third-order valence-corrected chi connectivity index (χ3v) is 3.73. The number of furan rings is 1. The second-order valence-electron chi connectivity index (χ2n) is 4.63. The Labute approximate surface area is 119 Å². The van der Waals surface area contributed by atoms with Crippen LogP contribution in [-0.4, -0.2) is 5.97 Å². The number of carbonyl (C=O) groups is 1. The van der Waals surface area contributed by atoms with Gasteiger partial charge in [0.05, 0.1) is 0 Å². The van der Waals surface area contributed by atoms with Gasteiger partial charge in [0.25, 0.3) is 0 Å². The van der Waals surface area contributed by atoms with Gasteiger partial charge in [-0.2, -0.15) is 0 Å². The Balaban J connectivity index is 1.78. The number of benzene rings is 1. The number of halogens is 1. The second kappa shape index (κ2) is 5.21. The van der Waals surface area contributed by atoms with Crippen LogP contribution in [0, 0.1) is 0 Å². The van der Waals surface area contributed by atoms with E-state index in [2.05, 4.69) is 22.0 Å². The molecule has 0 saturated heterocycles. The molecule has 0 bridgehead atoms. The minimum Gasteiger partial charge on any atom is -0.442 e. The van der Waals surface area contributed by atoms with Crippen molar-refractivity contribution in [2.45, 2.75) is 25.7 Å². The van der Waals surface area contributed by atoms with Crippen LogP contribution >= 0.6 is 15.9 Å². The Morgan fingerprint density at radius 3 is 2.63 bits per heavy atom. The van der Waals surface area contributed by atoms with E-state index in [0.717, 1.165) is 12.8 Å². The molecule has 2 aromatic rings. The van der Waals surface area contributed by atoms with Gasteiger partial charge in [0.15, 0.2) is 4.67 Å². The van der Waals surface area contributed by atoms with Crippen LogP contribution in [0.25, 0.3) is 0 Å². The van der Waals surface area contributed by atoms with Crippen molar-refractivity contribution in [3.63, 3.8) is 0 Å². The van der Waals surface area contributed by atoms with Crippen molar-refractivity contribution in [2.75, 3.05) is 0 Å². The summed E-state index contributed by atoms with van der Waals surface area (Å²) in [4.78, 5) is 11.9. The molecule has 0 amide bonds. The van der Waals surface area contributed by atoms with Gasteiger partial charge < -0.3 is 9.15 Å². The van der Waals surface area contributed by atoms with E-state index in [0.29, 0.717) is 10.4 Å². The first-order valence-corrected chi connectivity index (χ1v) is 7.11. The number of hydrogen-bond donors (Lipinski definition) is 0. The Morgan fingerprint density at radius 2 is 1.89 bits per heavy atom. The van der Waals surface area contributed by atoms with Gasteiger partial charge in [-0.15, -0.1) is 0 Å². The standard InChI is InChI=1S/C15H13BrO3/c16-14-8-7-13(19-14)15(17)18-12-6-5-10-3-1-2-4-11(10)9-12/h5-9H,1-4H2. The molecule has 4 heteroatoms. The van der Waals surface area contributed by atoms with Crippen LogP contribution in [0.3, 0.4) is 0 Å². The summed E-state index contributed by atoms with van der Waals surface area (Å²) in [5.41, 5.74) is 2.66. The van der Waals surface area contributed by atoms with Crippen molar-refractivity contribution < 1.29 is 13.9 Å². The summed E-state index contributed by atoms with van der Waals surface area (Å²) in [6.45, 7) is 0. The van der Waals surface area contributed by atoms with E-state index in [1.54, 1.807) is 12.1 Å². The summed E-state index contributed by atoms with van der Waals surface area (Å²) in [5, 5.41) is 0. The van der Waals surface area contributed by atoms with Gasteiger partial charge in [-0.3, -0.25) is 0 Å². The fourth-order valence-electron chi connectivity index (χ4n) is 2.35. The van der Waals surface area contributed by atoms with Crippen molar-refractivity contribution >= 4 is 21.9 Å². The van der Waals surface area contributed by atoms with Crippen molar-refractivity contribution in [3.05, 3.63) is 51.9 Å². The summed E-state index contributed by atoms with van der Waals surface area (Å²) in [7, 11) is 0. The molecule has 0 aliphatic heterocycles. The van der Waals surface area contributed by atoms with Crippen LogP contribution in [-0.2, 0) is 12.8 Å². The molecule has 0 fully saturated rings. The molecule has 1 aliphatic carbocycles. The summed E-state index contributed by atoms with van der Waals surface area (Å²) in [6.07, 6.45) is 4.63. The van der Waals surface area contributed by atoms with Crippen LogP contribution in [0.4, 0.5) is 0 Å². The maximum atomic E-state index is 11.9. The molecule has 0 N–H and O–H groups in total. The lowest BCUT2D eigenvalue weighted by molar-refractivity contribution is 0.0700. The van der Waals surface area contributed by atoms with E-state index >= 15 is 0 Å². The van der Waals surface area contributed by atoms with E-state index in [4.69, 9.17) is 9.15 Å². The Kier molecular flexibility index (Phi) is 3.42. The highest BCUT2D eigenvalue weighted by Crippen LogP contribution is 2.26. The number of rotatable bonds is 2. The zero-order valence-corrected chi connectivity index (χ0v) is 11.9. The molecule has 3 rings (SSSR count). The Bertz CT molecular complexity index is 616. The molecule has 3 nitrogen and oxygen atoms in total. The zero-order valence-electron chi connectivity index (χ0n) is 10.3. The molecule has 0 saturated carbocycles. The molecular weight excluding hydrogens is 308 g/mol. The topological polar surface area (TPSA) is 39.4 Å². The minimum atomic E-state index is -0.471. The number of fused-ring (bicyclic) bond motifs is 1. The van der Waals surface area contributed by atoms with Gasteiger partial charge in [0.2, 0.25) is 5.76 Å². The summed E-state index contributed by atoms with van der Waals surface area (Å²) in [6, 6.07) is 9.12. The highest BCUT2D eigenvalue weighted by Gasteiger charge is 2.15. The molecule has 0 unspecified atom stereocenters. The summed E-state index contributed by atoms with van der Waals surface area (Å²) < 4.78 is 11.0. The third-order valence-electron chi connectivity index (χ3n) is 3.30. The number of aryl methyl sites for hydroxylation is 2. The largest absolute Gasteiger partial charge is 0.442 e. The van der Waals surface area contributed by atoms with E-state index < -0.39 is 5.97 Å². The van der Waals surface area contributed by atoms with Gasteiger partial charge in [0, 0.05) is 0 Å². The van der Waals surface area contributed by atoms with Gasteiger partial charge in [-0.1, -0.05) is 6.07 Å². The molecule has 19 heavy (non-hydrogen) atoms. The first-order chi connectivity index (χ1) is 9.22. The maximum absolute atomic E-state index is 11.9. The van der Waals surface area contributed by atoms with E-state index in [1.165, 1.54) is 24.0 Å². The van der Waals surface area contributed by atoms with Crippen LogP contribution in [0.5, 0.6) is 5.75 Å². The average molecular weight is 321 g/mol. The monoisotopic (exact) mass is 320 g/mol. The third kappa shape index (κ3) is 2.73. The van der Waals surface area contributed by atoms with Crippen LogP contribution in [0.1, 0.15) is 34.5 Å². The lowest BCUT2D eigenvalue weighted by Crippen LogP contribution is -2.09. The molecule has 1 aromatic carbocycles. The lowest BCUT2D eigenvalue weighted by atomic mass is 9.92. The first kappa shape index (κ1) is 12.5. The van der Waals surface area contributed by atoms with Crippen molar-refractivity contribution in [1.82, 2.24) is 0 Å². The van der Waals surface area contributed by atoms with E-state index in [-0.39, 0.29) is 5.76 Å². The predicted octanol–water partition coefficient (Wildman–Crippen LogP) is 4.14. The maximum Gasteiger partial charge on any atom is 0.379 e. The average Bonchev–Trinajstić information content (AvgIpc) is 2.85. The molecule has 1 aliphatic rings. The van der Waals surface area contributed by atoms with Crippen LogP contribution < -0.4 is 4.74 Å². The van der Waals surface area contributed by atoms with Crippen LogP contribution in [0.15, 0.2) is 39.4 Å². The molecule has 1 aromatic heterocycles. The molecule has 98 valence electrons. The smallest absolute Gasteiger partial charge is 0.379 e. The summed E-state index contributed by atoms with van der Waals surface area (Å²) >= 11 is 3.16. The fourth-order valence-corrected chi connectivity index (χ4v) is 2.66. The predicted molar refractivity (Wildman–Crippen MR) is 74.5 cm³/mol. The van der Waals surface area contributed by atoms with E-state index in [9.17, 15) is 4.79 Å². The lowest BCUT2D eigenvalue weighted by Gasteiger charge is -2.16. The van der Waals surface area contributed by atoms with Gasteiger partial charge in [-0.05, 0) is 77.0 Å².